The molecule has 0 aliphatic heterocycles. The fourth-order valence-corrected chi connectivity index (χ4v) is 5.47. The molecule has 6 heteroatoms. The average molecular weight is 395 g/mol. The van der Waals surface area contributed by atoms with Crippen LogP contribution in [0.5, 0.6) is 0 Å². The Morgan fingerprint density at radius 1 is 1.22 bits per heavy atom. The Labute approximate surface area is 145 Å². The maximum absolute atomic E-state index is 12.7. The highest BCUT2D eigenvalue weighted by Gasteiger charge is 2.27. The minimum atomic E-state index is -3.59. The third-order valence-corrected chi connectivity index (χ3v) is 6.60. The van der Waals surface area contributed by atoms with Crippen molar-refractivity contribution >= 4 is 31.6 Å². The van der Waals surface area contributed by atoms with E-state index < -0.39 is 10.0 Å². The van der Waals surface area contributed by atoms with Crippen LogP contribution in [0.1, 0.15) is 35.6 Å². The summed E-state index contributed by atoms with van der Waals surface area (Å²) in [4.78, 5) is 0.269. The molecule has 122 valence electrons. The molecule has 23 heavy (non-hydrogen) atoms. The Morgan fingerprint density at radius 3 is 2.74 bits per heavy atom. The molecule has 1 unspecified atom stereocenters. The molecule has 0 heterocycles. The van der Waals surface area contributed by atoms with E-state index in [2.05, 4.69) is 20.7 Å². The van der Waals surface area contributed by atoms with Gasteiger partial charge in [-0.25, -0.2) is 13.1 Å². The predicted octanol–water partition coefficient (Wildman–Crippen LogP) is 3.70. The average Bonchev–Trinajstić information content (AvgIpc) is 2.46. The van der Waals surface area contributed by atoms with Gasteiger partial charge in [0.15, 0.2) is 0 Å². The van der Waals surface area contributed by atoms with Crippen LogP contribution < -0.4 is 10.5 Å². The van der Waals surface area contributed by atoms with Crippen LogP contribution in [0.2, 0.25) is 0 Å². The van der Waals surface area contributed by atoms with Crippen LogP contribution in [0.25, 0.3) is 0 Å². The Morgan fingerprint density at radius 2 is 2.00 bits per heavy atom. The zero-order valence-electron chi connectivity index (χ0n) is 12.8. The van der Waals surface area contributed by atoms with Gasteiger partial charge >= 0.3 is 0 Å². The number of nitrogen functional groups attached to an aromatic ring is 1. The number of fused-ring (bicyclic) bond motifs is 1. The van der Waals surface area contributed by atoms with Crippen LogP contribution in [-0.4, -0.2) is 8.42 Å². The summed E-state index contributed by atoms with van der Waals surface area (Å²) in [6.45, 7) is 1.93. The predicted molar refractivity (Wildman–Crippen MR) is 95.7 cm³/mol. The smallest absolute Gasteiger partial charge is 0.242 e. The fraction of sp³-hybridized carbons (Fsp3) is 0.294. The number of aryl methyl sites for hydroxylation is 2. The summed E-state index contributed by atoms with van der Waals surface area (Å²) in [6, 6.07) is 10.7. The molecule has 4 nitrogen and oxygen atoms in total. The molecule has 1 atom stereocenters. The third-order valence-electron chi connectivity index (χ3n) is 4.16. The molecule has 0 spiro atoms. The third kappa shape index (κ3) is 3.44. The highest BCUT2D eigenvalue weighted by Crippen LogP contribution is 2.33. The minimum Gasteiger partial charge on any atom is -0.399 e. The summed E-state index contributed by atoms with van der Waals surface area (Å²) in [5, 5.41) is 0. The highest BCUT2D eigenvalue weighted by molar-refractivity contribution is 9.10. The number of benzene rings is 2. The second kappa shape index (κ2) is 6.26. The molecule has 0 saturated carbocycles. The van der Waals surface area contributed by atoms with Crippen molar-refractivity contribution in [3.8, 4) is 0 Å². The molecule has 0 bridgehead atoms. The van der Waals surface area contributed by atoms with Crippen molar-refractivity contribution in [2.24, 2.45) is 0 Å². The number of rotatable bonds is 3. The Kier molecular flexibility index (Phi) is 4.49. The number of nitrogens with one attached hydrogen (secondary N) is 1. The van der Waals surface area contributed by atoms with Gasteiger partial charge in [-0.2, -0.15) is 0 Å². The highest BCUT2D eigenvalue weighted by atomic mass is 79.9. The Hall–Kier alpha value is -1.37. The molecule has 3 rings (SSSR count). The van der Waals surface area contributed by atoms with Crippen molar-refractivity contribution in [3.05, 3.63) is 57.6 Å². The van der Waals surface area contributed by atoms with Gasteiger partial charge in [0.25, 0.3) is 0 Å². The Balaban J connectivity index is 1.93. The molecular weight excluding hydrogens is 376 g/mol. The largest absolute Gasteiger partial charge is 0.399 e. The van der Waals surface area contributed by atoms with Gasteiger partial charge in [-0.1, -0.05) is 12.1 Å². The standard InChI is InChI=1S/C17H19BrN2O2S/c1-11-5-8-17(15(18)9-11)23(21,22)20-16-4-2-3-12-10-13(19)6-7-14(12)16/h5-10,16,20H,2-4,19H2,1H3. The minimum absolute atomic E-state index is 0.211. The summed E-state index contributed by atoms with van der Waals surface area (Å²) in [6.07, 6.45) is 2.67. The van der Waals surface area contributed by atoms with E-state index in [4.69, 9.17) is 5.73 Å². The monoisotopic (exact) mass is 394 g/mol. The van der Waals surface area contributed by atoms with E-state index in [1.165, 1.54) is 0 Å². The molecule has 0 aromatic heterocycles. The lowest BCUT2D eigenvalue weighted by molar-refractivity contribution is 0.507. The molecule has 0 saturated heterocycles. The van der Waals surface area contributed by atoms with Gasteiger partial charge < -0.3 is 5.73 Å². The maximum Gasteiger partial charge on any atom is 0.242 e. The SMILES string of the molecule is Cc1ccc(S(=O)(=O)NC2CCCc3cc(N)ccc32)c(Br)c1. The van der Waals surface area contributed by atoms with E-state index >= 15 is 0 Å². The lowest BCUT2D eigenvalue weighted by Crippen LogP contribution is -2.31. The second-order valence-corrected chi connectivity index (χ2v) is 8.49. The molecular formula is C17H19BrN2O2S. The molecule has 1 aliphatic rings. The summed E-state index contributed by atoms with van der Waals surface area (Å²) < 4.78 is 28.9. The molecule has 0 amide bonds. The van der Waals surface area contributed by atoms with Gasteiger partial charge in [-0.3, -0.25) is 0 Å². The van der Waals surface area contributed by atoms with Crippen molar-refractivity contribution in [2.45, 2.75) is 37.1 Å². The van der Waals surface area contributed by atoms with Gasteiger partial charge in [0, 0.05) is 16.2 Å². The van der Waals surface area contributed by atoms with Gasteiger partial charge in [0.2, 0.25) is 10.0 Å². The number of anilines is 1. The van der Waals surface area contributed by atoms with Gasteiger partial charge in [0.1, 0.15) is 0 Å². The second-order valence-electron chi connectivity index (χ2n) is 5.96. The summed E-state index contributed by atoms with van der Waals surface area (Å²) >= 11 is 3.35. The van der Waals surface area contributed by atoms with Crippen LogP contribution in [0.15, 0.2) is 45.8 Å². The van der Waals surface area contributed by atoms with Crippen LogP contribution in [0.3, 0.4) is 0 Å². The molecule has 0 fully saturated rings. The lowest BCUT2D eigenvalue weighted by Gasteiger charge is -2.26. The van der Waals surface area contributed by atoms with E-state index in [0.29, 0.717) is 10.2 Å². The first-order valence-electron chi connectivity index (χ1n) is 7.53. The first-order chi connectivity index (χ1) is 10.9. The number of nitrogens with two attached hydrogens (primary N) is 1. The molecule has 2 aromatic rings. The molecule has 2 aromatic carbocycles. The van der Waals surface area contributed by atoms with Crippen LogP contribution >= 0.6 is 15.9 Å². The summed E-state index contributed by atoms with van der Waals surface area (Å²) in [5.41, 5.74) is 9.72. The van der Waals surface area contributed by atoms with E-state index in [1.54, 1.807) is 12.1 Å². The quantitative estimate of drug-likeness (QED) is 0.779. The van der Waals surface area contributed by atoms with Crippen LogP contribution in [-0.2, 0) is 16.4 Å². The van der Waals surface area contributed by atoms with Gasteiger partial charge in [-0.05, 0) is 83.1 Å². The summed E-state index contributed by atoms with van der Waals surface area (Å²) in [5.74, 6) is 0. The number of sulfonamides is 1. The first kappa shape index (κ1) is 16.5. The number of hydrogen-bond acceptors (Lipinski definition) is 3. The maximum atomic E-state index is 12.7. The first-order valence-corrected chi connectivity index (χ1v) is 9.81. The number of hydrogen-bond donors (Lipinski definition) is 2. The van der Waals surface area contributed by atoms with E-state index in [0.717, 1.165) is 36.0 Å². The van der Waals surface area contributed by atoms with E-state index in [1.807, 2.05) is 31.2 Å². The Bertz CT molecular complexity index is 850. The molecule has 0 radical (unpaired) electrons. The summed E-state index contributed by atoms with van der Waals surface area (Å²) in [7, 11) is -3.59. The fourth-order valence-electron chi connectivity index (χ4n) is 3.03. The van der Waals surface area contributed by atoms with Gasteiger partial charge in [0.05, 0.1) is 4.90 Å². The normalized spacial score (nSPS) is 17.7. The van der Waals surface area contributed by atoms with E-state index in [-0.39, 0.29) is 10.9 Å². The van der Waals surface area contributed by atoms with Crippen molar-refractivity contribution in [1.82, 2.24) is 4.72 Å². The van der Waals surface area contributed by atoms with Crippen LogP contribution in [0.4, 0.5) is 5.69 Å². The topological polar surface area (TPSA) is 72.2 Å². The van der Waals surface area contributed by atoms with Crippen molar-refractivity contribution < 1.29 is 8.42 Å². The number of halogens is 1. The zero-order valence-corrected chi connectivity index (χ0v) is 15.2. The van der Waals surface area contributed by atoms with Crippen molar-refractivity contribution in [3.63, 3.8) is 0 Å². The molecule has 1 aliphatic carbocycles. The van der Waals surface area contributed by atoms with Crippen molar-refractivity contribution in [1.29, 1.82) is 0 Å². The zero-order chi connectivity index (χ0) is 16.6. The van der Waals surface area contributed by atoms with Gasteiger partial charge in [-0.15, -0.1) is 0 Å². The van der Waals surface area contributed by atoms with Crippen molar-refractivity contribution in [2.75, 3.05) is 5.73 Å². The van der Waals surface area contributed by atoms with Crippen LogP contribution in [0, 0.1) is 6.92 Å². The lowest BCUT2D eigenvalue weighted by atomic mass is 9.88. The van der Waals surface area contributed by atoms with E-state index in [9.17, 15) is 8.42 Å². The molecule has 3 N–H and O–H groups in total.